The highest BCUT2D eigenvalue weighted by Gasteiger charge is 2.16. The number of ketones is 1. The van der Waals surface area contributed by atoms with Crippen molar-refractivity contribution in [3.8, 4) is 0 Å². The fraction of sp³-hybridized carbons (Fsp3) is 0.111. The lowest BCUT2D eigenvalue weighted by molar-refractivity contribution is -0.131. The third-order valence-electron chi connectivity index (χ3n) is 1.59. The van der Waals surface area contributed by atoms with Crippen molar-refractivity contribution in [2.45, 2.75) is 11.8 Å². The summed E-state index contributed by atoms with van der Waals surface area (Å²) >= 11 is 4.02. The highest BCUT2D eigenvalue weighted by atomic mass is 32.1. The van der Waals surface area contributed by atoms with Gasteiger partial charge in [0.1, 0.15) is 0 Å². The normalized spacial score (nSPS) is 9.69. The molecule has 0 aliphatic rings. The van der Waals surface area contributed by atoms with Gasteiger partial charge in [0.15, 0.2) is 0 Å². The van der Waals surface area contributed by atoms with Crippen LogP contribution in [0.15, 0.2) is 23.1 Å². The molecule has 0 radical (unpaired) electrons. The number of Topliss-reactive ketones (excluding diaryl/α,β-unsaturated/α-hetero) is 1. The largest absolute Gasteiger partial charge is 0.475 e. The van der Waals surface area contributed by atoms with Crippen LogP contribution in [0.4, 0.5) is 0 Å². The van der Waals surface area contributed by atoms with Crippen LogP contribution in [0.2, 0.25) is 0 Å². The first-order chi connectivity index (χ1) is 6.02. The third kappa shape index (κ3) is 2.09. The maximum absolute atomic E-state index is 11.0. The SMILES string of the molecule is Cc1ccc(C(=O)C(=O)O)c(S)c1. The number of aryl methyl sites for hydroxylation is 1. The van der Waals surface area contributed by atoms with Gasteiger partial charge in [0.05, 0.1) is 0 Å². The van der Waals surface area contributed by atoms with Crippen molar-refractivity contribution in [2.24, 2.45) is 0 Å². The Morgan fingerprint density at radius 1 is 1.38 bits per heavy atom. The van der Waals surface area contributed by atoms with E-state index in [1.54, 1.807) is 12.1 Å². The minimum Gasteiger partial charge on any atom is -0.475 e. The number of carboxylic acid groups (broad SMARTS) is 1. The first-order valence-electron chi connectivity index (χ1n) is 3.59. The molecule has 0 unspecified atom stereocenters. The van der Waals surface area contributed by atoms with E-state index in [1.807, 2.05) is 6.92 Å². The number of benzene rings is 1. The van der Waals surface area contributed by atoms with Crippen molar-refractivity contribution >= 4 is 24.4 Å². The molecule has 1 aromatic carbocycles. The quantitative estimate of drug-likeness (QED) is 0.428. The maximum atomic E-state index is 11.0. The van der Waals surface area contributed by atoms with Gasteiger partial charge in [-0.25, -0.2) is 4.79 Å². The average Bonchev–Trinajstić information content (AvgIpc) is 2.03. The van der Waals surface area contributed by atoms with Crippen LogP contribution in [0, 0.1) is 6.92 Å². The fourth-order valence-corrected chi connectivity index (χ4v) is 1.33. The Morgan fingerprint density at radius 2 is 2.00 bits per heavy atom. The number of carbonyl (C=O) groups is 2. The van der Waals surface area contributed by atoms with Crippen molar-refractivity contribution in [1.82, 2.24) is 0 Å². The van der Waals surface area contributed by atoms with Crippen LogP contribution >= 0.6 is 12.6 Å². The van der Waals surface area contributed by atoms with Crippen molar-refractivity contribution in [1.29, 1.82) is 0 Å². The Kier molecular flexibility index (Phi) is 2.72. The van der Waals surface area contributed by atoms with E-state index in [4.69, 9.17) is 5.11 Å². The van der Waals surface area contributed by atoms with Gasteiger partial charge in [-0.15, -0.1) is 12.6 Å². The summed E-state index contributed by atoms with van der Waals surface area (Å²) in [6, 6.07) is 4.79. The van der Waals surface area contributed by atoms with Crippen molar-refractivity contribution in [3.05, 3.63) is 29.3 Å². The molecule has 13 heavy (non-hydrogen) atoms. The van der Waals surface area contributed by atoms with E-state index in [2.05, 4.69) is 12.6 Å². The third-order valence-corrected chi connectivity index (χ3v) is 1.96. The zero-order valence-corrected chi connectivity index (χ0v) is 7.84. The van der Waals surface area contributed by atoms with Gasteiger partial charge in [-0.05, 0) is 24.6 Å². The summed E-state index contributed by atoms with van der Waals surface area (Å²) in [6.45, 7) is 1.84. The number of carboxylic acids is 1. The average molecular weight is 196 g/mol. The molecule has 0 spiro atoms. The zero-order chi connectivity index (χ0) is 10.0. The second-order valence-corrected chi connectivity index (χ2v) is 3.14. The molecule has 3 nitrogen and oxygen atoms in total. The Bertz CT molecular complexity index is 371. The predicted molar refractivity (Wildman–Crippen MR) is 50.4 cm³/mol. The van der Waals surface area contributed by atoms with E-state index in [0.29, 0.717) is 4.90 Å². The van der Waals surface area contributed by atoms with E-state index >= 15 is 0 Å². The molecule has 0 atom stereocenters. The van der Waals surface area contributed by atoms with E-state index in [1.165, 1.54) is 6.07 Å². The lowest BCUT2D eigenvalue weighted by atomic mass is 10.1. The Balaban J connectivity index is 3.16. The second kappa shape index (κ2) is 3.62. The van der Waals surface area contributed by atoms with Gasteiger partial charge in [0.25, 0.3) is 5.78 Å². The van der Waals surface area contributed by atoms with Crippen molar-refractivity contribution in [2.75, 3.05) is 0 Å². The summed E-state index contributed by atoms with van der Waals surface area (Å²) in [5.41, 5.74) is 1.06. The molecule has 1 N–H and O–H groups in total. The smallest absolute Gasteiger partial charge is 0.377 e. The van der Waals surface area contributed by atoms with E-state index in [9.17, 15) is 9.59 Å². The first-order valence-corrected chi connectivity index (χ1v) is 4.04. The highest BCUT2D eigenvalue weighted by Crippen LogP contribution is 2.16. The molecule has 0 aliphatic carbocycles. The molecule has 1 aromatic rings. The molecule has 0 aromatic heterocycles. The number of carbonyl (C=O) groups excluding carboxylic acids is 1. The van der Waals surface area contributed by atoms with E-state index in [-0.39, 0.29) is 5.56 Å². The predicted octanol–water partition coefficient (Wildman–Crippen LogP) is 1.55. The lowest BCUT2D eigenvalue weighted by Crippen LogP contribution is -2.13. The zero-order valence-electron chi connectivity index (χ0n) is 6.94. The summed E-state index contributed by atoms with van der Waals surface area (Å²) < 4.78 is 0. The van der Waals surface area contributed by atoms with Gasteiger partial charge in [0.2, 0.25) is 0 Å². The molecule has 0 heterocycles. The molecule has 0 amide bonds. The van der Waals surface area contributed by atoms with Crippen LogP contribution in [-0.4, -0.2) is 16.9 Å². The van der Waals surface area contributed by atoms with Crippen LogP contribution in [0.25, 0.3) is 0 Å². The van der Waals surface area contributed by atoms with Crippen LogP contribution in [-0.2, 0) is 4.79 Å². The van der Waals surface area contributed by atoms with E-state index in [0.717, 1.165) is 5.56 Å². The summed E-state index contributed by atoms with van der Waals surface area (Å²) in [4.78, 5) is 21.8. The second-order valence-electron chi connectivity index (χ2n) is 2.65. The Morgan fingerprint density at radius 3 is 2.46 bits per heavy atom. The Labute approximate surface area is 80.8 Å². The molecular weight excluding hydrogens is 188 g/mol. The molecular formula is C9H8O3S. The number of aliphatic carboxylic acids is 1. The van der Waals surface area contributed by atoms with Crippen LogP contribution < -0.4 is 0 Å². The first kappa shape index (κ1) is 9.80. The van der Waals surface area contributed by atoms with Gasteiger partial charge in [-0.1, -0.05) is 6.07 Å². The molecule has 0 saturated heterocycles. The summed E-state index contributed by atoms with van der Waals surface area (Å²) in [6.07, 6.45) is 0. The van der Waals surface area contributed by atoms with Gasteiger partial charge in [-0.3, -0.25) is 4.79 Å². The van der Waals surface area contributed by atoms with Gasteiger partial charge < -0.3 is 5.11 Å². The summed E-state index contributed by atoms with van der Waals surface area (Å²) in [5, 5.41) is 8.45. The number of hydrogen-bond acceptors (Lipinski definition) is 3. The minimum atomic E-state index is -1.46. The number of rotatable bonds is 2. The van der Waals surface area contributed by atoms with Gasteiger partial charge in [0, 0.05) is 10.5 Å². The van der Waals surface area contributed by atoms with Crippen LogP contribution in [0.5, 0.6) is 0 Å². The van der Waals surface area contributed by atoms with E-state index < -0.39 is 11.8 Å². The molecule has 4 heteroatoms. The highest BCUT2D eigenvalue weighted by molar-refractivity contribution is 7.80. The summed E-state index contributed by atoms with van der Waals surface area (Å²) in [5.74, 6) is -2.39. The number of thiol groups is 1. The molecule has 68 valence electrons. The molecule has 1 rings (SSSR count). The van der Waals surface area contributed by atoms with Crippen LogP contribution in [0.3, 0.4) is 0 Å². The fourth-order valence-electron chi connectivity index (χ4n) is 0.949. The molecule has 0 aliphatic heterocycles. The monoisotopic (exact) mass is 196 g/mol. The molecule has 0 bridgehead atoms. The maximum Gasteiger partial charge on any atom is 0.377 e. The lowest BCUT2D eigenvalue weighted by Gasteiger charge is -2.01. The standard InChI is InChI=1S/C9H8O3S/c1-5-2-3-6(7(13)4-5)8(10)9(11)12/h2-4,13H,1H3,(H,11,12). The minimum absolute atomic E-state index is 0.126. The van der Waals surface area contributed by atoms with Crippen molar-refractivity contribution < 1.29 is 14.7 Å². The number of hydrogen-bond donors (Lipinski definition) is 2. The van der Waals surface area contributed by atoms with Crippen molar-refractivity contribution in [3.63, 3.8) is 0 Å². The molecule has 0 saturated carbocycles. The van der Waals surface area contributed by atoms with Crippen LogP contribution in [0.1, 0.15) is 15.9 Å². The van der Waals surface area contributed by atoms with Gasteiger partial charge in [-0.2, -0.15) is 0 Å². The summed E-state index contributed by atoms with van der Waals surface area (Å²) in [7, 11) is 0. The topological polar surface area (TPSA) is 54.4 Å². The Hall–Kier alpha value is -1.29. The molecule has 0 fully saturated rings. The van der Waals surface area contributed by atoms with Gasteiger partial charge >= 0.3 is 5.97 Å².